The smallest absolute Gasteiger partial charge is 0.370 e. The fourth-order valence-corrected chi connectivity index (χ4v) is 0.949. The van der Waals surface area contributed by atoms with Gasteiger partial charge in [0.15, 0.2) is 5.96 Å². The largest absolute Gasteiger partial charge is 0.419 e. The van der Waals surface area contributed by atoms with E-state index in [-0.39, 0.29) is 5.69 Å². The van der Waals surface area contributed by atoms with E-state index >= 15 is 0 Å². The number of alkyl halides is 3. The molecule has 1 aromatic rings. The molecule has 1 rings (SSSR count). The van der Waals surface area contributed by atoms with Crippen LogP contribution in [0.1, 0.15) is 5.56 Å². The SMILES string of the molecule is NC(N)=Nc1ccc(F)c(C(F)(F)F)c1.O=[N+]([O-])O. The third-order valence-corrected chi connectivity index (χ3v) is 1.51. The molecule has 19 heavy (non-hydrogen) atoms. The molecule has 0 bridgehead atoms. The van der Waals surface area contributed by atoms with Crippen LogP contribution >= 0.6 is 0 Å². The van der Waals surface area contributed by atoms with E-state index in [0.717, 1.165) is 6.07 Å². The summed E-state index contributed by atoms with van der Waals surface area (Å²) in [6, 6.07) is 2.24. The van der Waals surface area contributed by atoms with Crippen molar-refractivity contribution in [3.63, 3.8) is 0 Å². The fourth-order valence-electron chi connectivity index (χ4n) is 0.949. The molecule has 0 heterocycles. The number of hydrogen-bond acceptors (Lipinski definition) is 3. The van der Waals surface area contributed by atoms with E-state index in [2.05, 4.69) is 4.99 Å². The second kappa shape index (κ2) is 6.37. The second-order valence-electron chi connectivity index (χ2n) is 2.94. The maximum absolute atomic E-state index is 12.8. The number of hydrogen-bond donors (Lipinski definition) is 3. The second-order valence-corrected chi connectivity index (χ2v) is 2.94. The summed E-state index contributed by atoms with van der Waals surface area (Å²) in [5.41, 5.74) is 8.40. The van der Waals surface area contributed by atoms with Gasteiger partial charge in [0.05, 0.1) is 11.3 Å². The number of rotatable bonds is 1. The van der Waals surface area contributed by atoms with Crippen LogP contribution in [0.25, 0.3) is 0 Å². The average molecular weight is 284 g/mol. The standard InChI is InChI=1S/C8H7F4N3.HNO3/c9-6-2-1-4(15-7(13)14)3-5(6)8(10,11)12;2-1(3)4/h1-3H,(H4,13,14,15);(H,2,3,4). The molecule has 7 nitrogen and oxygen atoms in total. The predicted molar refractivity (Wildman–Crippen MR) is 55.7 cm³/mol. The first-order chi connectivity index (χ1) is 8.54. The van der Waals surface area contributed by atoms with Crippen LogP contribution in [0.3, 0.4) is 0 Å². The highest BCUT2D eigenvalue weighted by Gasteiger charge is 2.34. The van der Waals surface area contributed by atoms with Crippen molar-refractivity contribution in [1.29, 1.82) is 0 Å². The fraction of sp³-hybridized carbons (Fsp3) is 0.125. The lowest BCUT2D eigenvalue weighted by molar-refractivity contribution is -0.742. The number of aliphatic imine (C=N–C) groups is 1. The highest BCUT2D eigenvalue weighted by molar-refractivity contribution is 5.79. The minimum Gasteiger partial charge on any atom is -0.370 e. The Bertz CT molecular complexity index is 481. The van der Waals surface area contributed by atoms with Crippen molar-refractivity contribution in [3.05, 3.63) is 39.7 Å². The summed E-state index contributed by atoms with van der Waals surface area (Å²) in [6.07, 6.45) is -4.76. The number of halogens is 4. The summed E-state index contributed by atoms with van der Waals surface area (Å²) >= 11 is 0. The van der Waals surface area contributed by atoms with Gasteiger partial charge in [-0.15, -0.1) is 10.1 Å². The van der Waals surface area contributed by atoms with Crippen LogP contribution in [-0.4, -0.2) is 16.3 Å². The Morgan fingerprint density at radius 1 is 1.37 bits per heavy atom. The first-order valence-electron chi connectivity index (χ1n) is 4.33. The molecule has 0 aromatic heterocycles. The third-order valence-electron chi connectivity index (χ3n) is 1.51. The molecule has 0 spiro atoms. The number of nitrogens with zero attached hydrogens (tertiary/aromatic N) is 2. The predicted octanol–water partition coefficient (Wildman–Crippen LogP) is 1.40. The molecular weight excluding hydrogens is 276 g/mol. The van der Waals surface area contributed by atoms with E-state index in [4.69, 9.17) is 26.8 Å². The molecule has 0 aliphatic carbocycles. The van der Waals surface area contributed by atoms with Crippen LogP contribution < -0.4 is 11.5 Å². The molecule has 0 aliphatic rings. The van der Waals surface area contributed by atoms with Crippen molar-refractivity contribution in [2.45, 2.75) is 6.18 Å². The zero-order valence-corrected chi connectivity index (χ0v) is 9.06. The van der Waals surface area contributed by atoms with Gasteiger partial charge in [-0.05, 0) is 18.2 Å². The summed E-state index contributed by atoms with van der Waals surface area (Å²) in [5, 5.41) is 13.6. The molecular formula is C8H8F4N4O3. The topological polar surface area (TPSA) is 128 Å². The Kier molecular flexibility index (Phi) is 5.50. The zero-order chi connectivity index (χ0) is 15.2. The summed E-state index contributed by atoms with van der Waals surface area (Å²) in [5.74, 6) is -1.76. The summed E-state index contributed by atoms with van der Waals surface area (Å²) in [4.78, 5) is 11.7. The van der Waals surface area contributed by atoms with E-state index in [1.807, 2.05) is 0 Å². The minimum atomic E-state index is -4.76. The monoisotopic (exact) mass is 284 g/mol. The van der Waals surface area contributed by atoms with Gasteiger partial charge >= 0.3 is 6.18 Å². The molecule has 0 fully saturated rings. The highest BCUT2D eigenvalue weighted by atomic mass is 19.4. The van der Waals surface area contributed by atoms with Gasteiger partial charge in [-0.2, -0.15) is 13.2 Å². The van der Waals surface area contributed by atoms with E-state index in [1.54, 1.807) is 0 Å². The molecule has 0 unspecified atom stereocenters. The van der Waals surface area contributed by atoms with E-state index in [1.165, 1.54) is 0 Å². The molecule has 0 saturated carbocycles. The van der Waals surface area contributed by atoms with Crippen molar-refractivity contribution in [1.82, 2.24) is 0 Å². The minimum absolute atomic E-state index is 0.149. The Labute approximate surface area is 103 Å². The zero-order valence-electron chi connectivity index (χ0n) is 9.06. The molecule has 5 N–H and O–H groups in total. The van der Waals surface area contributed by atoms with Crippen LogP contribution in [-0.2, 0) is 6.18 Å². The summed E-state index contributed by atoms with van der Waals surface area (Å²) in [7, 11) is 0. The van der Waals surface area contributed by atoms with Crippen LogP contribution in [0.4, 0.5) is 23.2 Å². The van der Waals surface area contributed by atoms with Gasteiger partial charge in [0.1, 0.15) is 5.82 Å². The molecule has 0 atom stereocenters. The lowest BCUT2D eigenvalue weighted by Crippen LogP contribution is -2.22. The Morgan fingerprint density at radius 2 is 1.84 bits per heavy atom. The average Bonchev–Trinajstić information content (AvgIpc) is 2.17. The van der Waals surface area contributed by atoms with Gasteiger partial charge in [0.25, 0.3) is 5.09 Å². The van der Waals surface area contributed by atoms with Crippen LogP contribution in [0.5, 0.6) is 0 Å². The molecule has 1 aromatic carbocycles. The van der Waals surface area contributed by atoms with Gasteiger partial charge < -0.3 is 16.7 Å². The Balaban J connectivity index is 0.000000711. The van der Waals surface area contributed by atoms with Crippen molar-refractivity contribution < 1.29 is 27.9 Å². The molecule has 0 amide bonds. The Hall–Kier alpha value is -2.59. The maximum atomic E-state index is 12.8. The third kappa shape index (κ3) is 6.65. The molecule has 0 aliphatic heterocycles. The molecule has 106 valence electrons. The maximum Gasteiger partial charge on any atom is 0.419 e. The van der Waals surface area contributed by atoms with E-state index in [0.29, 0.717) is 12.1 Å². The van der Waals surface area contributed by atoms with Crippen molar-refractivity contribution in [3.8, 4) is 0 Å². The molecule has 11 heteroatoms. The van der Waals surface area contributed by atoms with Gasteiger partial charge in [0, 0.05) is 0 Å². The van der Waals surface area contributed by atoms with Crippen LogP contribution in [0.2, 0.25) is 0 Å². The van der Waals surface area contributed by atoms with Crippen molar-refractivity contribution in [2.75, 3.05) is 0 Å². The quantitative estimate of drug-likeness (QED) is 0.236. The van der Waals surface area contributed by atoms with Crippen LogP contribution in [0, 0.1) is 15.9 Å². The van der Waals surface area contributed by atoms with Crippen LogP contribution in [0.15, 0.2) is 23.2 Å². The summed E-state index contributed by atoms with van der Waals surface area (Å²) in [6.45, 7) is 0. The first kappa shape index (κ1) is 16.4. The van der Waals surface area contributed by atoms with Gasteiger partial charge in [-0.1, -0.05) is 0 Å². The number of benzene rings is 1. The molecule has 0 saturated heterocycles. The Morgan fingerprint density at radius 3 is 2.21 bits per heavy atom. The van der Waals surface area contributed by atoms with E-state index < -0.39 is 28.6 Å². The van der Waals surface area contributed by atoms with Crippen molar-refractivity contribution in [2.24, 2.45) is 16.5 Å². The normalized spacial score (nSPS) is 10.1. The lowest BCUT2D eigenvalue weighted by Gasteiger charge is -2.08. The summed E-state index contributed by atoms with van der Waals surface area (Å²) < 4.78 is 49.4. The first-order valence-corrected chi connectivity index (χ1v) is 4.33. The number of guanidine groups is 1. The van der Waals surface area contributed by atoms with Gasteiger partial charge in [0.2, 0.25) is 0 Å². The number of nitrogens with two attached hydrogens (primary N) is 2. The van der Waals surface area contributed by atoms with E-state index in [9.17, 15) is 17.6 Å². The highest BCUT2D eigenvalue weighted by Crippen LogP contribution is 2.33. The lowest BCUT2D eigenvalue weighted by atomic mass is 10.2. The van der Waals surface area contributed by atoms with Gasteiger partial charge in [-0.25, -0.2) is 9.38 Å². The molecule has 0 radical (unpaired) electrons. The van der Waals surface area contributed by atoms with Gasteiger partial charge in [-0.3, -0.25) is 0 Å². The van der Waals surface area contributed by atoms with Crippen molar-refractivity contribution >= 4 is 11.6 Å².